The number of aromatic nitrogens is 1. The highest BCUT2D eigenvalue weighted by atomic mass is 19.4. The number of aryl methyl sites for hydroxylation is 1. The molecule has 0 radical (unpaired) electrons. The molecule has 0 aliphatic carbocycles. The van der Waals surface area contributed by atoms with Crippen LogP contribution in [-0.2, 0) is 11.0 Å². The zero-order chi connectivity index (χ0) is 16.3. The molecular formula is C14H14F3N3O2. The Morgan fingerprint density at radius 2 is 2.05 bits per heavy atom. The Hall–Kier alpha value is -2.51. The molecular weight excluding hydrogens is 299 g/mol. The number of rotatable bonds is 4. The summed E-state index contributed by atoms with van der Waals surface area (Å²) in [6.45, 7) is 3.20. The van der Waals surface area contributed by atoms with E-state index in [0.29, 0.717) is 5.76 Å². The molecule has 0 saturated heterocycles. The van der Waals surface area contributed by atoms with Gasteiger partial charge in [0.1, 0.15) is 11.8 Å². The summed E-state index contributed by atoms with van der Waals surface area (Å²) in [7, 11) is 0. The molecule has 0 saturated carbocycles. The highest BCUT2D eigenvalue weighted by Gasteiger charge is 2.30. The highest BCUT2D eigenvalue weighted by molar-refractivity contribution is 5.95. The van der Waals surface area contributed by atoms with E-state index in [1.54, 1.807) is 6.92 Å². The number of carbonyl (C=O) groups excluding carboxylic acids is 1. The summed E-state index contributed by atoms with van der Waals surface area (Å²) >= 11 is 0. The Morgan fingerprint density at radius 1 is 1.32 bits per heavy atom. The molecule has 0 aliphatic heterocycles. The summed E-state index contributed by atoms with van der Waals surface area (Å²) in [6.07, 6.45) is -4.43. The Labute approximate surface area is 124 Å². The van der Waals surface area contributed by atoms with Gasteiger partial charge < -0.3 is 15.2 Å². The van der Waals surface area contributed by atoms with Crippen LogP contribution in [0.25, 0.3) is 0 Å². The SMILES string of the molecule is Cc1cc(NC(=O)[C@H](C)Nc2cccc(C(F)(F)F)c2)no1. The molecule has 1 heterocycles. The third kappa shape index (κ3) is 4.00. The van der Waals surface area contributed by atoms with Crippen molar-refractivity contribution in [3.05, 3.63) is 41.7 Å². The zero-order valence-corrected chi connectivity index (χ0v) is 11.9. The van der Waals surface area contributed by atoms with Crippen molar-refractivity contribution in [2.75, 3.05) is 10.6 Å². The maximum absolute atomic E-state index is 12.6. The van der Waals surface area contributed by atoms with Crippen LogP contribution in [0.15, 0.2) is 34.9 Å². The minimum atomic E-state index is -4.43. The molecule has 0 unspecified atom stereocenters. The van der Waals surface area contributed by atoms with E-state index in [1.165, 1.54) is 25.1 Å². The van der Waals surface area contributed by atoms with Crippen LogP contribution in [0.2, 0.25) is 0 Å². The summed E-state index contributed by atoms with van der Waals surface area (Å²) < 4.78 is 42.7. The zero-order valence-electron chi connectivity index (χ0n) is 11.9. The summed E-state index contributed by atoms with van der Waals surface area (Å²) in [6, 6.07) is 5.43. The fraction of sp³-hybridized carbons (Fsp3) is 0.286. The molecule has 0 aliphatic rings. The van der Waals surface area contributed by atoms with E-state index in [2.05, 4.69) is 15.8 Å². The van der Waals surface area contributed by atoms with Crippen molar-refractivity contribution in [1.82, 2.24) is 5.16 Å². The van der Waals surface area contributed by atoms with Crippen molar-refractivity contribution in [1.29, 1.82) is 0 Å². The molecule has 1 atom stereocenters. The Bertz CT molecular complexity index is 667. The van der Waals surface area contributed by atoms with Gasteiger partial charge in [0.15, 0.2) is 5.82 Å². The first kappa shape index (κ1) is 15.9. The number of alkyl halides is 3. The number of nitrogens with one attached hydrogen (secondary N) is 2. The first-order valence-electron chi connectivity index (χ1n) is 6.43. The van der Waals surface area contributed by atoms with Gasteiger partial charge >= 0.3 is 6.18 Å². The van der Waals surface area contributed by atoms with Crippen LogP contribution in [0.3, 0.4) is 0 Å². The van der Waals surface area contributed by atoms with E-state index in [0.717, 1.165) is 12.1 Å². The van der Waals surface area contributed by atoms with Crippen molar-refractivity contribution >= 4 is 17.4 Å². The predicted octanol–water partition coefficient (Wildman–Crippen LogP) is 3.44. The van der Waals surface area contributed by atoms with Gasteiger partial charge in [-0.3, -0.25) is 4.79 Å². The Morgan fingerprint density at radius 3 is 2.64 bits per heavy atom. The van der Waals surface area contributed by atoms with Gasteiger partial charge in [0.2, 0.25) is 5.91 Å². The number of nitrogens with zero attached hydrogens (tertiary/aromatic N) is 1. The molecule has 0 bridgehead atoms. The highest BCUT2D eigenvalue weighted by Crippen LogP contribution is 2.30. The molecule has 0 spiro atoms. The molecule has 22 heavy (non-hydrogen) atoms. The number of halogens is 3. The fourth-order valence-corrected chi connectivity index (χ4v) is 1.76. The van der Waals surface area contributed by atoms with Crippen molar-refractivity contribution in [3.63, 3.8) is 0 Å². The van der Waals surface area contributed by atoms with Crippen LogP contribution in [0.5, 0.6) is 0 Å². The lowest BCUT2D eigenvalue weighted by Gasteiger charge is -2.15. The number of anilines is 2. The van der Waals surface area contributed by atoms with Crippen LogP contribution in [0, 0.1) is 6.92 Å². The van der Waals surface area contributed by atoms with E-state index in [-0.39, 0.29) is 11.5 Å². The second-order valence-electron chi connectivity index (χ2n) is 4.76. The first-order chi connectivity index (χ1) is 10.3. The molecule has 5 nitrogen and oxygen atoms in total. The van der Waals surface area contributed by atoms with Gasteiger partial charge in [-0.05, 0) is 32.0 Å². The standard InChI is InChI=1S/C14H14F3N3O2/c1-8-6-12(20-22-8)19-13(21)9(2)18-11-5-3-4-10(7-11)14(15,16)17/h3-7,9,18H,1-2H3,(H,19,20,21)/t9-/m0/s1. The third-order valence-corrected chi connectivity index (χ3v) is 2.85. The van der Waals surface area contributed by atoms with Gasteiger partial charge in [0.05, 0.1) is 5.56 Å². The van der Waals surface area contributed by atoms with Crippen molar-refractivity contribution in [2.45, 2.75) is 26.1 Å². The van der Waals surface area contributed by atoms with Crippen LogP contribution < -0.4 is 10.6 Å². The van der Waals surface area contributed by atoms with E-state index in [9.17, 15) is 18.0 Å². The van der Waals surface area contributed by atoms with Gasteiger partial charge in [-0.25, -0.2) is 0 Å². The molecule has 1 aromatic carbocycles. The molecule has 2 N–H and O–H groups in total. The molecule has 2 rings (SSSR count). The maximum Gasteiger partial charge on any atom is 0.416 e. The van der Waals surface area contributed by atoms with Crippen LogP contribution in [0.4, 0.5) is 24.7 Å². The third-order valence-electron chi connectivity index (χ3n) is 2.85. The Balaban J connectivity index is 2.02. The fourth-order valence-electron chi connectivity index (χ4n) is 1.76. The summed E-state index contributed by atoms with van der Waals surface area (Å²) in [5.74, 6) is 0.347. The summed E-state index contributed by atoms with van der Waals surface area (Å²) in [5, 5.41) is 8.82. The molecule has 1 amide bonds. The van der Waals surface area contributed by atoms with Gasteiger partial charge in [-0.15, -0.1) is 0 Å². The average Bonchev–Trinajstić information content (AvgIpc) is 2.83. The Kier molecular flexibility index (Phi) is 4.39. The minimum absolute atomic E-state index is 0.203. The van der Waals surface area contributed by atoms with E-state index >= 15 is 0 Å². The molecule has 0 fully saturated rings. The smallest absolute Gasteiger partial charge is 0.374 e. The number of amides is 1. The van der Waals surface area contributed by atoms with E-state index < -0.39 is 23.7 Å². The van der Waals surface area contributed by atoms with Crippen LogP contribution in [0.1, 0.15) is 18.2 Å². The van der Waals surface area contributed by atoms with Gasteiger partial charge in [0, 0.05) is 11.8 Å². The number of hydrogen-bond donors (Lipinski definition) is 2. The second-order valence-corrected chi connectivity index (χ2v) is 4.76. The van der Waals surface area contributed by atoms with E-state index in [4.69, 9.17) is 4.52 Å². The molecule has 1 aromatic heterocycles. The topological polar surface area (TPSA) is 67.2 Å². The van der Waals surface area contributed by atoms with Gasteiger partial charge in [-0.1, -0.05) is 11.2 Å². The molecule has 2 aromatic rings. The molecule has 118 valence electrons. The second kappa shape index (κ2) is 6.08. The summed E-state index contributed by atoms with van der Waals surface area (Å²) in [5.41, 5.74) is -0.578. The molecule has 8 heteroatoms. The normalized spacial score (nSPS) is 12.8. The van der Waals surface area contributed by atoms with Crippen LogP contribution >= 0.6 is 0 Å². The number of hydrogen-bond acceptors (Lipinski definition) is 4. The lowest BCUT2D eigenvalue weighted by molar-refractivity contribution is -0.137. The minimum Gasteiger partial charge on any atom is -0.374 e. The lowest BCUT2D eigenvalue weighted by Crippen LogP contribution is -2.32. The van der Waals surface area contributed by atoms with Crippen LogP contribution in [-0.4, -0.2) is 17.1 Å². The van der Waals surface area contributed by atoms with Crippen molar-refractivity contribution in [3.8, 4) is 0 Å². The van der Waals surface area contributed by atoms with E-state index in [1.807, 2.05) is 0 Å². The van der Waals surface area contributed by atoms with Gasteiger partial charge in [0.25, 0.3) is 0 Å². The lowest BCUT2D eigenvalue weighted by atomic mass is 10.2. The van der Waals surface area contributed by atoms with Crippen molar-refractivity contribution < 1.29 is 22.5 Å². The predicted molar refractivity (Wildman–Crippen MR) is 74.4 cm³/mol. The number of benzene rings is 1. The first-order valence-corrected chi connectivity index (χ1v) is 6.43. The van der Waals surface area contributed by atoms with Gasteiger partial charge in [-0.2, -0.15) is 13.2 Å². The number of carbonyl (C=O) groups is 1. The van der Waals surface area contributed by atoms with Crippen molar-refractivity contribution in [2.24, 2.45) is 0 Å². The maximum atomic E-state index is 12.6. The summed E-state index contributed by atoms with van der Waals surface area (Å²) in [4.78, 5) is 11.9. The quantitative estimate of drug-likeness (QED) is 0.907. The largest absolute Gasteiger partial charge is 0.416 e. The average molecular weight is 313 g/mol. The monoisotopic (exact) mass is 313 g/mol.